The fraction of sp³-hybridized carbons (Fsp3) is 0.316. The first-order valence-corrected chi connectivity index (χ1v) is 8.45. The van der Waals surface area contributed by atoms with E-state index in [-0.39, 0.29) is 5.82 Å². The number of tetrazole rings is 1. The first kappa shape index (κ1) is 18.0. The Bertz CT molecular complexity index is 834. The van der Waals surface area contributed by atoms with Crippen LogP contribution in [0.25, 0.3) is 0 Å². The number of hydrogen-bond donors (Lipinski definition) is 0. The summed E-state index contributed by atoms with van der Waals surface area (Å²) < 4.78 is 20.7. The number of hydrogen-bond acceptors (Lipinski definition) is 5. The van der Waals surface area contributed by atoms with Gasteiger partial charge in [0.15, 0.2) is 5.82 Å². The van der Waals surface area contributed by atoms with Crippen molar-refractivity contribution >= 4 is 0 Å². The summed E-state index contributed by atoms with van der Waals surface area (Å²) in [6.07, 6.45) is 0.377. The van der Waals surface area contributed by atoms with Crippen molar-refractivity contribution in [3.8, 4) is 5.75 Å². The summed E-state index contributed by atoms with van der Waals surface area (Å²) in [6.45, 7) is 2.24. The molecule has 0 bridgehead atoms. The highest BCUT2D eigenvalue weighted by Crippen LogP contribution is 2.13. The van der Waals surface area contributed by atoms with E-state index < -0.39 is 0 Å². The molecule has 0 fully saturated rings. The summed E-state index contributed by atoms with van der Waals surface area (Å²) in [5.74, 6) is 1.27. The number of ether oxygens (including phenoxy) is 1. The molecule has 136 valence electrons. The van der Waals surface area contributed by atoms with Crippen LogP contribution in [-0.4, -0.2) is 45.8 Å². The first-order chi connectivity index (χ1) is 12.7. The second-order valence-electron chi connectivity index (χ2n) is 6.17. The highest BCUT2D eigenvalue weighted by Gasteiger charge is 2.11. The zero-order valence-electron chi connectivity index (χ0n) is 15.0. The van der Waals surface area contributed by atoms with Gasteiger partial charge in [0.2, 0.25) is 0 Å². The molecule has 0 N–H and O–H groups in total. The monoisotopic (exact) mass is 355 g/mol. The maximum absolute atomic E-state index is 13.8. The fourth-order valence-corrected chi connectivity index (χ4v) is 2.72. The van der Waals surface area contributed by atoms with E-state index in [0.717, 1.165) is 18.8 Å². The van der Waals surface area contributed by atoms with Crippen LogP contribution in [0.1, 0.15) is 17.0 Å². The van der Waals surface area contributed by atoms with Gasteiger partial charge in [-0.25, -0.2) is 9.07 Å². The van der Waals surface area contributed by atoms with Gasteiger partial charge in [-0.2, -0.15) is 0 Å². The van der Waals surface area contributed by atoms with E-state index in [0.29, 0.717) is 24.4 Å². The van der Waals surface area contributed by atoms with Gasteiger partial charge in [0.25, 0.3) is 0 Å². The zero-order chi connectivity index (χ0) is 18.4. The molecule has 0 aliphatic rings. The molecule has 7 heteroatoms. The van der Waals surface area contributed by atoms with Crippen molar-refractivity contribution in [3.05, 3.63) is 71.3 Å². The van der Waals surface area contributed by atoms with Crippen molar-refractivity contribution < 1.29 is 9.13 Å². The molecular weight excluding hydrogens is 333 g/mol. The van der Waals surface area contributed by atoms with Gasteiger partial charge >= 0.3 is 0 Å². The van der Waals surface area contributed by atoms with Gasteiger partial charge in [-0.05, 0) is 46.8 Å². The average molecular weight is 355 g/mol. The molecule has 0 aliphatic heterocycles. The Labute approximate surface area is 152 Å². The number of benzene rings is 2. The molecule has 2 aromatic carbocycles. The van der Waals surface area contributed by atoms with Gasteiger partial charge in [-0.1, -0.05) is 30.3 Å². The lowest BCUT2D eigenvalue weighted by Crippen LogP contribution is -2.24. The Kier molecular flexibility index (Phi) is 5.91. The molecule has 0 atom stereocenters. The third-order valence-electron chi connectivity index (χ3n) is 4.22. The fourth-order valence-electron chi connectivity index (χ4n) is 2.72. The van der Waals surface area contributed by atoms with E-state index in [9.17, 15) is 4.39 Å². The molecule has 3 aromatic rings. The molecule has 0 aliphatic carbocycles. The Balaban J connectivity index is 1.56. The average Bonchev–Trinajstić information content (AvgIpc) is 3.10. The van der Waals surface area contributed by atoms with Crippen LogP contribution in [0.5, 0.6) is 5.75 Å². The topological polar surface area (TPSA) is 56.1 Å². The molecule has 3 rings (SSSR count). The van der Waals surface area contributed by atoms with E-state index >= 15 is 0 Å². The van der Waals surface area contributed by atoms with E-state index in [1.165, 1.54) is 11.6 Å². The lowest BCUT2D eigenvalue weighted by molar-refractivity contribution is 0.301. The maximum atomic E-state index is 13.8. The third kappa shape index (κ3) is 4.64. The normalized spacial score (nSPS) is 11.1. The second-order valence-corrected chi connectivity index (χ2v) is 6.17. The van der Waals surface area contributed by atoms with Crippen molar-refractivity contribution in [1.82, 2.24) is 25.1 Å². The zero-order valence-corrected chi connectivity index (χ0v) is 15.0. The van der Waals surface area contributed by atoms with Gasteiger partial charge in [-0.3, -0.25) is 0 Å². The Morgan fingerprint density at radius 3 is 2.62 bits per heavy atom. The lowest BCUT2D eigenvalue weighted by Gasteiger charge is -2.17. The molecule has 0 amide bonds. The molecular formula is C19H22FN5O. The molecule has 0 saturated heterocycles. The highest BCUT2D eigenvalue weighted by molar-refractivity contribution is 5.27. The minimum Gasteiger partial charge on any atom is -0.497 e. The molecule has 1 aromatic heterocycles. The number of halogens is 1. The molecule has 26 heavy (non-hydrogen) atoms. The standard InChI is InChI=1S/C19H22FN5O/c1-24(14-15-7-9-17(26-2)10-8-15)11-12-25-19(21-22-23-25)13-16-5-3-4-6-18(16)20/h3-10H,11-14H2,1-2H3. The maximum Gasteiger partial charge on any atom is 0.155 e. The van der Waals surface area contributed by atoms with Gasteiger partial charge in [0.1, 0.15) is 11.6 Å². The summed E-state index contributed by atoms with van der Waals surface area (Å²) in [4.78, 5) is 2.19. The van der Waals surface area contributed by atoms with Crippen molar-refractivity contribution in [1.29, 1.82) is 0 Å². The molecule has 0 radical (unpaired) electrons. The summed E-state index contributed by atoms with van der Waals surface area (Å²) >= 11 is 0. The van der Waals surface area contributed by atoms with Crippen molar-refractivity contribution in [2.24, 2.45) is 0 Å². The van der Waals surface area contributed by atoms with Crippen molar-refractivity contribution in [2.75, 3.05) is 20.7 Å². The number of aromatic nitrogens is 4. The highest BCUT2D eigenvalue weighted by atomic mass is 19.1. The minimum atomic E-state index is -0.237. The predicted octanol–water partition coefficient (Wildman–Crippen LogP) is 2.54. The van der Waals surface area contributed by atoms with E-state index in [1.807, 2.05) is 25.2 Å². The quantitative estimate of drug-likeness (QED) is 0.622. The van der Waals surface area contributed by atoms with E-state index in [1.54, 1.807) is 23.9 Å². The molecule has 0 unspecified atom stereocenters. The smallest absolute Gasteiger partial charge is 0.155 e. The van der Waals surface area contributed by atoms with E-state index in [4.69, 9.17) is 4.74 Å². The second kappa shape index (κ2) is 8.53. The van der Waals surface area contributed by atoms with Crippen LogP contribution in [0, 0.1) is 5.82 Å². The Morgan fingerprint density at radius 1 is 1.12 bits per heavy atom. The van der Waals surface area contributed by atoms with Gasteiger partial charge < -0.3 is 9.64 Å². The largest absolute Gasteiger partial charge is 0.497 e. The SMILES string of the molecule is COc1ccc(CN(C)CCn2nnnc2Cc2ccccc2F)cc1. The third-order valence-corrected chi connectivity index (χ3v) is 4.22. The first-order valence-electron chi connectivity index (χ1n) is 8.45. The molecule has 0 saturated carbocycles. The van der Waals surface area contributed by atoms with Gasteiger partial charge in [0.05, 0.1) is 13.7 Å². The predicted molar refractivity (Wildman–Crippen MR) is 96.4 cm³/mol. The number of nitrogens with zero attached hydrogens (tertiary/aromatic N) is 5. The van der Waals surface area contributed by atoms with Crippen LogP contribution in [-0.2, 0) is 19.5 Å². The summed E-state index contributed by atoms with van der Waals surface area (Å²) in [5.41, 5.74) is 1.80. The van der Waals surface area contributed by atoms with Crippen molar-refractivity contribution in [2.45, 2.75) is 19.5 Å². The molecule has 0 spiro atoms. The lowest BCUT2D eigenvalue weighted by atomic mass is 10.1. The van der Waals surface area contributed by atoms with Crippen LogP contribution in [0.2, 0.25) is 0 Å². The Morgan fingerprint density at radius 2 is 1.88 bits per heavy atom. The van der Waals surface area contributed by atoms with Crippen LogP contribution >= 0.6 is 0 Å². The van der Waals surface area contributed by atoms with Crippen LogP contribution < -0.4 is 4.74 Å². The van der Waals surface area contributed by atoms with Crippen LogP contribution in [0.15, 0.2) is 48.5 Å². The number of rotatable bonds is 8. The Hall–Kier alpha value is -2.80. The molecule has 6 nitrogen and oxygen atoms in total. The minimum absolute atomic E-state index is 0.237. The van der Waals surface area contributed by atoms with Crippen LogP contribution in [0.4, 0.5) is 4.39 Å². The summed E-state index contributed by atoms with van der Waals surface area (Å²) in [5, 5.41) is 11.8. The molecule has 1 heterocycles. The van der Waals surface area contributed by atoms with Gasteiger partial charge in [0, 0.05) is 19.5 Å². The summed E-state index contributed by atoms with van der Waals surface area (Å²) in [6, 6.07) is 14.7. The van der Waals surface area contributed by atoms with Gasteiger partial charge in [-0.15, -0.1) is 5.10 Å². The number of methoxy groups -OCH3 is 1. The summed E-state index contributed by atoms with van der Waals surface area (Å²) in [7, 11) is 3.71. The number of likely N-dealkylation sites (N-methyl/N-ethyl adjacent to an activating group) is 1. The van der Waals surface area contributed by atoms with Crippen molar-refractivity contribution in [3.63, 3.8) is 0 Å². The van der Waals surface area contributed by atoms with E-state index in [2.05, 4.69) is 32.6 Å². The van der Waals surface area contributed by atoms with Crippen LogP contribution in [0.3, 0.4) is 0 Å².